The number of hydrogen-bond acceptors (Lipinski definition) is 5. The number of hydrogen-bond donors (Lipinski definition) is 1. The van der Waals surface area contributed by atoms with Gasteiger partial charge in [0.15, 0.2) is 5.82 Å². The van der Waals surface area contributed by atoms with Gasteiger partial charge >= 0.3 is 0 Å². The molecule has 8 heteroatoms. The number of aryl methyl sites for hydroxylation is 2. The van der Waals surface area contributed by atoms with Crippen molar-refractivity contribution in [3.8, 4) is 5.82 Å². The van der Waals surface area contributed by atoms with Crippen LogP contribution in [0.25, 0.3) is 5.82 Å². The first kappa shape index (κ1) is 32.2. The number of nitrogens with zero attached hydrogens (tertiary/aromatic N) is 4. The molecular weight excluding hydrogens is 472 g/mol. The van der Waals surface area contributed by atoms with Crippen molar-refractivity contribution in [3.05, 3.63) is 71.4 Å². The molecule has 2 aromatic heterocycles. The number of aromatic nitrogens is 3. The normalized spacial score (nSPS) is 13.2. The average Bonchev–Trinajstić information content (AvgIpc) is 3.32. The zero-order chi connectivity index (χ0) is 27.8. The highest BCUT2D eigenvalue weighted by Crippen LogP contribution is 2.26. The summed E-state index contributed by atoms with van der Waals surface area (Å²) in [6, 6.07) is 7.45. The maximum atomic E-state index is 12.3. The zero-order valence-corrected chi connectivity index (χ0v) is 23.8. The SMILES string of the molecule is CC.CC.COCN1CCCc2cnc(C(C)C)n2-c2ncccc2NCC1.Cc1cc(F)ccc1F.[HH]. The Kier molecular flexibility index (Phi) is 15.3. The van der Waals surface area contributed by atoms with Crippen molar-refractivity contribution in [2.45, 2.75) is 67.2 Å². The third kappa shape index (κ3) is 9.85. The van der Waals surface area contributed by atoms with Crippen molar-refractivity contribution in [2.24, 2.45) is 0 Å². The van der Waals surface area contributed by atoms with E-state index in [1.54, 1.807) is 7.11 Å². The minimum Gasteiger partial charge on any atom is -0.381 e. The minimum absolute atomic E-state index is 0. The molecule has 0 bridgehead atoms. The van der Waals surface area contributed by atoms with E-state index >= 15 is 0 Å². The first-order chi connectivity index (χ1) is 17.9. The summed E-state index contributed by atoms with van der Waals surface area (Å²) in [5.74, 6) is 1.61. The van der Waals surface area contributed by atoms with Gasteiger partial charge in [-0.05, 0) is 55.7 Å². The number of ether oxygens (including phenoxy) is 1. The Morgan fingerprint density at radius 1 is 1.08 bits per heavy atom. The number of methoxy groups -OCH3 is 1. The third-order valence-corrected chi connectivity index (χ3v) is 5.46. The van der Waals surface area contributed by atoms with E-state index < -0.39 is 5.82 Å². The summed E-state index contributed by atoms with van der Waals surface area (Å²) in [4.78, 5) is 11.7. The Balaban J connectivity index is 0.000000823. The summed E-state index contributed by atoms with van der Waals surface area (Å²) < 4.78 is 32.1. The van der Waals surface area contributed by atoms with Gasteiger partial charge in [-0.3, -0.25) is 9.47 Å². The standard InChI is InChI=1S/C18H27N5O.C7H6F2.2C2H6.H2/c1-14(2)17-21-12-15-6-5-10-22(13-24-3)11-9-19-16-7-4-8-20-18(16)23(15)17;1-5-4-6(8)2-3-7(5)9;2*1-2;/h4,7-8,12,14,19H,5-6,9-11,13H2,1-3H3;2-4H,1H3;2*1-2H3;1H. The molecule has 0 amide bonds. The molecule has 3 aromatic rings. The van der Waals surface area contributed by atoms with Gasteiger partial charge in [0.05, 0.1) is 12.4 Å². The fourth-order valence-electron chi connectivity index (χ4n) is 3.81. The van der Waals surface area contributed by atoms with E-state index in [-0.39, 0.29) is 7.24 Å². The molecule has 3 heterocycles. The van der Waals surface area contributed by atoms with E-state index in [1.165, 1.54) is 12.6 Å². The molecular formula is C29H47F2N5O. The van der Waals surface area contributed by atoms with Crippen molar-refractivity contribution >= 4 is 5.69 Å². The fourth-order valence-corrected chi connectivity index (χ4v) is 3.81. The van der Waals surface area contributed by atoms with Gasteiger partial charge in [0.1, 0.15) is 17.5 Å². The summed E-state index contributed by atoms with van der Waals surface area (Å²) in [5.41, 5.74) is 2.62. The topological polar surface area (TPSA) is 55.2 Å². The van der Waals surface area contributed by atoms with E-state index in [4.69, 9.17) is 4.74 Å². The number of halogens is 2. The van der Waals surface area contributed by atoms with Crippen LogP contribution in [0.5, 0.6) is 0 Å². The lowest BCUT2D eigenvalue weighted by molar-refractivity contribution is 0.0653. The molecule has 0 unspecified atom stereocenters. The molecule has 208 valence electrons. The molecule has 1 aliphatic rings. The van der Waals surface area contributed by atoms with E-state index in [0.29, 0.717) is 18.2 Å². The first-order valence-electron chi connectivity index (χ1n) is 13.3. The van der Waals surface area contributed by atoms with Crippen LogP contribution in [0.1, 0.15) is 72.4 Å². The van der Waals surface area contributed by atoms with E-state index in [9.17, 15) is 8.78 Å². The molecule has 1 N–H and O–H groups in total. The largest absolute Gasteiger partial charge is 0.381 e. The van der Waals surface area contributed by atoms with Gasteiger partial charge in [-0.1, -0.05) is 41.5 Å². The van der Waals surface area contributed by atoms with Crippen LogP contribution < -0.4 is 5.32 Å². The van der Waals surface area contributed by atoms with Crippen molar-refractivity contribution in [2.75, 3.05) is 38.8 Å². The molecule has 4 rings (SSSR count). The second-order valence-corrected chi connectivity index (χ2v) is 8.43. The quantitative estimate of drug-likeness (QED) is 0.396. The van der Waals surface area contributed by atoms with E-state index in [1.807, 2.05) is 46.2 Å². The van der Waals surface area contributed by atoms with Crippen molar-refractivity contribution in [1.82, 2.24) is 19.4 Å². The number of benzene rings is 1. The maximum absolute atomic E-state index is 12.3. The van der Waals surface area contributed by atoms with Gasteiger partial charge in [-0.25, -0.2) is 18.7 Å². The number of anilines is 1. The number of nitrogens with one attached hydrogen (secondary N) is 1. The Labute approximate surface area is 223 Å². The van der Waals surface area contributed by atoms with E-state index in [2.05, 4.69) is 44.7 Å². The Morgan fingerprint density at radius 2 is 1.81 bits per heavy atom. The Morgan fingerprint density at radius 3 is 2.43 bits per heavy atom. The number of rotatable bonds is 3. The fraction of sp³-hybridized carbons (Fsp3) is 0.517. The molecule has 1 aliphatic heterocycles. The van der Waals surface area contributed by atoms with Crippen LogP contribution in [0.3, 0.4) is 0 Å². The maximum Gasteiger partial charge on any atom is 0.161 e. The molecule has 0 fully saturated rings. The predicted octanol–water partition coefficient (Wildman–Crippen LogP) is 7.23. The highest BCUT2D eigenvalue weighted by molar-refractivity contribution is 5.58. The summed E-state index contributed by atoms with van der Waals surface area (Å²) >= 11 is 0. The number of fused-ring (bicyclic) bond motifs is 3. The van der Waals surface area contributed by atoms with Crippen LogP contribution in [0.2, 0.25) is 0 Å². The van der Waals surface area contributed by atoms with Gasteiger partial charge in [0.25, 0.3) is 0 Å². The second kappa shape index (κ2) is 17.6. The predicted molar refractivity (Wildman–Crippen MR) is 152 cm³/mol. The van der Waals surface area contributed by atoms with Crippen LogP contribution in [-0.4, -0.2) is 52.9 Å². The Bertz CT molecular complexity index is 1050. The Hall–Kier alpha value is -2.84. The van der Waals surface area contributed by atoms with Crippen LogP contribution in [0, 0.1) is 18.6 Å². The van der Waals surface area contributed by atoms with Gasteiger partial charge in [-0.2, -0.15) is 0 Å². The molecule has 37 heavy (non-hydrogen) atoms. The van der Waals surface area contributed by atoms with Gasteiger partial charge in [-0.15, -0.1) is 0 Å². The molecule has 0 atom stereocenters. The van der Waals surface area contributed by atoms with Crippen LogP contribution >= 0.6 is 0 Å². The molecule has 0 saturated carbocycles. The summed E-state index contributed by atoms with van der Waals surface area (Å²) in [7, 11) is 1.75. The lowest BCUT2D eigenvalue weighted by atomic mass is 10.2. The summed E-state index contributed by atoms with van der Waals surface area (Å²) in [6.07, 6.45) is 5.92. The van der Waals surface area contributed by atoms with Crippen molar-refractivity contribution in [1.29, 1.82) is 0 Å². The minimum atomic E-state index is -0.395. The molecule has 0 spiro atoms. The van der Waals surface area contributed by atoms with Gasteiger partial charge in [0, 0.05) is 52.2 Å². The smallest absolute Gasteiger partial charge is 0.161 e. The highest BCUT2D eigenvalue weighted by Gasteiger charge is 2.19. The zero-order valence-electron chi connectivity index (χ0n) is 23.8. The van der Waals surface area contributed by atoms with Crippen LogP contribution in [-0.2, 0) is 11.2 Å². The summed E-state index contributed by atoms with van der Waals surface area (Å²) in [6.45, 7) is 17.4. The lowest BCUT2D eigenvalue weighted by Gasteiger charge is -2.21. The lowest BCUT2D eigenvalue weighted by Crippen LogP contribution is -2.32. The third-order valence-electron chi connectivity index (χ3n) is 5.46. The molecule has 1 aromatic carbocycles. The monoisotopic (exact) mass is 519 g/mol. The molecule has 0 radical (unpaired) electrons. The van der Waals surface area contributed by atoms with E-state index in [0.717, 1.165) is 68.0 Å². The first-order valence-corrected chi connectivity index (χ1v) is 13.3. The second-order valence-electron chi connectivity index (χ2n) is 8.43. The molecule has 6 nitrogen and oxygen atoms in total. The van der Waals surface area contributed by atoms with Crippen molar-refractivity contribution in [3.63, 3.8) is 0 Å². The van der Waals surface area contributed by atoms with Crippen molar-refractivity contribution < 1.29 is 14.9 Å². The van der Waals surface area contributed by atoms with Crippen LogP contribution in [0.4, 0.5) is 14.5 Å². The highest BCUT2D eigenvalue weighted by atomic mass is 19.1. The van der Waals surface area contributed by atoms with Crippen LogP contribution in [0.15, 0.2) is 42.7 Å². The van der Waals surface area contributed by atoms with Gasteiger partial charge < -0.3 is 10.1 Å². The number of pyridine rings is 1. The number of imidazole rings is 1. The average molecular weight is 520 g/mol. The molecule has 0 saturated heterocycles. The van der Waals surface area contributed by atoms with Gasteiger partial charge in [0.2, 0.25) is 0 Å². The molecule has 0 aliphatic carbocycles. The summed E-state index contributed by atoms with van der Waals surface area (Å²) in [5, 5.41) is 3.54.